The predicted octanol–water partition coefficient (Wildman–Crippen LogP) is 1.77. The molecule has 0 spiro atoms. The van der Waals surface area contributed by atoms with Crippen molar-refractivity contribution in [3.05, 3.63) is 23.7 Å². The van der Waals surface area contributed by atoms with Crippen molar-refractivity contribution >= 4 is 5.91 Å². The van der Waals surface area contributed by atoms with Crippen LogP contribution in [-0.2, 0) is 11.3 Å². The number of carbonyl (C=O) groups excluding carboxylic acids is 1. The summed E-state index contributed by atoms with van der Waals surface area (Å²) in [6.45, 7) is 9.35. The summed E-state index contributed by atoms with van der Waals surface area (Å²) in [6, 6.07) is 3.42. The Bertz CT molecular complexity index is 461. The number of nitrogens with zero attached hydrogens (tertiary/aromatic N) is 1. The molecule has 0 aromatic carbocycles. The lowest BCUT2D eigenvalue weighted by molar-refractivity contribution is -0.171. The summed E-state index contributed by atoms with van der Waals surface area (Å²) in [5.74, 6) is 0.855. The van der Waals surface area contributed by atoms with Crippen LogP contribution in [0.5, 0.6) is 0 Å². The number of hydrogen-bond donors (Lipinski definition) is 1. The van der Waals surface area contributed by atoms with E-state index >= 15 is 0 Å². The van der Waals surface area contributed by atoms with Gasteiger partial charge in [0, 0.05) is 13.1 Å². The fourth-order valence-electron chi connectivity index (χ4n) is 2.69. The van der Waals surface area contributed by atoms with Crippen molar-refractivity contribution < 1.29 is 13.9 Å². The first kappa shape index (κ1) is 14.1. The summed E-state index contributed by atoms with van der Waals surface area (Å²) in [5.41, 5.74) is 4.77. The van der Waals surface area contributed by atoms with Crippen LogP contribution in [0.25, 0.3) is 0 Å². The lowest BCUT2D eigenvalue weighted by Gasteiger charge is -2.46. The molecule has 1 aliphatic rings. The molecule has 1 aromatic heterocycles. The Balaban J connectivity index is 2.18. The van der Waals surface area contributed by atoms with Crippen molar-refractivity contribution in [1.29, 1.82) is 0 Å². The van der Waals surface area contributed by atoms with Crippen molar-refractivity contribution in [3.63, 3.8) is 0 Å². The molecule has 2 rings (SSSR count). The van der Waals surface area contributed by atoms with Gasteiger partial charge in [0.25, 0.3) is 5.91 Å². The molecule has 1 aromatic rings. The molecule has 1 amide bonds. The van der Waals surface area contributed by atoms with E-state index in [0.717, 1.165) is 0 Å². The second kappa shape index (κ2) is 4.65. The van der Waals surface area contributed by atoms with Crippen molar-refractivity contribution in [3.8, 4) is 0 Å². The molecule has 0 aliphatic carbocycles. The van der Waals surface area contributed by atoms with Gasteiger partial charge in [-0.2, -0.15) is 0 Å². The number of ether oxygens (including phenoxy) is 1. The van der Waals surface area contributed by atoms with Crippen LogP contribution in [0.1, 0.15) is 44.0 Å². The van der Waals surface area contributed by atoms with Crippen LogP contribution in [0.15, 0.2) is 16.5 Å². The van der Waals surface area contributed by atoms with Gasteiger partial charge in [-0.15, -0.1) is 0 Å². The SMILES string of the molecule is CC1(C)CN(C(=O)c2ccc(CN)o2)CC(C)(C)O1. The summed E-state index contributed by atoms with van der Waals surface area (Å²) in [5, 5.41) is 0. The molecular weight excluding hydrogens is 244 g/mol. The van der Waals surface area contributed by atoms with Gasteiger partial charge in [0.05, 0.1) is 17.7 Å². The third-order valence-corrected chi connectivity index (χ3v) is 3.06. The monoisotopic (exact) mass is 266 g/mol. The van der Waals surface area contributed by atoms with Crippen molar-refractivity contribution in [2.45, 2.75) is 45.4 Å². The van der Waals surface area contributed by atoms with Gasteiger partial charge < -0.3 is 19.8 Å². The molecule has 5 heteroatoms. The van der Waals surface area contributed by atoms with Gasteiger partial charge >= 0.3 is 0 Å². The quantitative estimate of drug-likeness (QED) is 0.885. The maximum Gasteiger partial charge on any atom is 0.289 e. The number of rotatable bonds is 2. The van der Waals surface area contributed by atoms with Crippen LogP contribution >= 0.6 is 0 Å². The summed E-state index contributed by atoms with van der Waals surface area (Å²) in [4.78, 5) is 14.2. The first-order chi connectivity index (χ1) is 8.72. The number of hydrogen-bond acceptors (Lipinski definition) is 4. The maximum absolute atomic E-state index is 12.4. The van der Waals surface area contributed by atoms with Gasteiger partial charge in [-0.25, -0.2) is 0 Å². The van der Waals surface area contributed by atoms with Gasteiger partial charge in [-0.05, 0) is 39.8 Å². The number of amides is 1. The highest BCUT2D eigenvalue weighted by atomic mass is 16.5. The molecule has 5 nitrogen and oxygen atoms in total. The standard InChI is InChI=1S/C14H22N2O3/c1-13(2)8-16(9-14(3,4)19-13)12(17)11-6-5-10(7-15)18-11/h5-6H,7-9,15H2,1-4H3. The van der Waals surface area contributed by atoms with E-state index in [1.54, 1.807) is 17.0 Å². The molecule has 1 aliphatic heterocycles. The summed E-state index contributed by atoms with van der Waals surface area (Å²) in [7, 11) is 0. The van der Waals surface area contributed by atoms with Gasteiger partial charge in [0.15, 0.2) is 5.76 Å². The largest absolute Gasteiger partial charge is 0.455 e. The van der Waals surface area contributed by atoms with Crippen LogP contribution in [0.4, 0.5) is 0 Å². The first-order valence-electron chi connectivity index (χ1n) is 6.51. The van der Waals surface area contributed by atoms with Crippen molar-refractivity contribution in [2.24, 2.45) is 5.73 Å². The molecule has 0 radical (unpaired) electrons. The third-order valence-electron chi connectivity index (χ3n) is 3.06. The Morgan fingerprint density at radius 1 is 1.26 bits per heavy atom. The van der Waals surface area contributed by atoms with Crippen LogP contribution < -0.4 is 5.73 Å². The molecule has 0 bridgehead atoms. The molecule has 0 unspecified atom stereocenters. The number of carbonyl (C=O) groups is 1. The van der Waals surface area contributed by atoms with Gasteiger partial charge in [-0.1, -0.05) is 0 Å². The second-order valence-corrected chi connectivity index (χ2v) is 6.25. The van der Waals surface area contributed by atoms with Gasteiger partial charge in [-0.3, -0.25) is 4.79 Å². The molecule has 0 atom stereocenters. The van der Waals surface area contributed by atoms with E-state index in [2.05, 4.69) is 0 Å². The van der Waals surface area contributed by atoms with E-state index in [1.807, 2.05) is 27.7 Å². The van der Waals surface area contributed by atoms with E-state index in [4.69, 9.17) is 14.9 Å². The summed E-state index contributed by atoms with van der Waals surface area (Å²) in [6.07, 6.45) is 0. The number of furan rings is 1. The first-order valence-corrected chi connectivity index (χ1v) is 6.51. The Hall–Kier alpha value is -1.33. The highest BCUT2D eigenvalue weighted by Gasteiger charge is 2.40. The highest BCUT2D eigenvalue weighted by molar-refractivity contribution is 5.91. The highest BCUT2D eigenvalue weighted by Crippen LogP contribution is 2.29. The number of nitrogens with two attached hydrogens (primary N) is 1. The average molecular weight is 266 g/mol. The molecular formula is C14H22N2O3. The predicted molar refractivity (Wildman–Crippen MR) is 71.7 cm³/mol. The van der Waals surface area contributed by atoms with E-state index in [-0.39, 0.29) is 17.1 Å². The fraction of sp³-hybridized carbons (Fsp3) is 0.643. The van der Waals surface area contributed by atoms with Gasteiger partial charge in [0.2, 0.25) is 0 Å². The van der Waals surface area contributed by atoms with Crippen LogP contribution in [-0.4, -0.2) is 35.1 Å². The van der Waals surface area contributed by atoms with E-state index in [9.17, 15) is 4.79 Å². The summed E-state index contributed by atoms with van der Waals surface area (Å²) >= 11 is 0. The Morgan fingerprint density at radius 3 is 2.32 bits per heavy atom. The van der Waals surface area contributed by atoms with E-state index < -0.39 is 0 Å². The van der Waals surface area contributed by atoms with Crippen LogP contribution in [0.3, 0.4) is 0 Å². The molecule has 1 saturated heterocycles. The zero-order valence-electron chi connectivity index (χ0n) is 12.0. The fourth-order valence-corrected chi connectivity index (χ4v) is 2.69. The molecule has 1 fully saturated rings. The smallest absolute Gasteiger partial charge is 0.289 e. The average Bonchev–Trinajstić information content (AvgIpc) is 2.72. The Morgan fingerprint density at radius 2 is 1.84 bits per heavy atom. The zero-order chi connectivity index (χ0) is 14.3. The minimum Gasteiger partial charge on any atom is -0.455 e. The van der Waals surface area contributed by atoms with E-state index in [0.29, 0.717) is 31.2 Å². The summed E-state index contributed by atoms with van der Waals surface area (Å²) < 4.78 is 11.4. The number of morpholine rings is 1. The minimum atomic E-state index is -0.360. The lowest BCUT2D eigenvalue weighted by Crippen LogP contribution is -2.58. The van der Waals surface area contributed by atoms with Gasteiger partial charge in [0.1, 0.15) is 5.76 Å². The lowest BCUT2D eigenvalue weighted by atomic mass is 9.99. The molecule has 2 N–H and O–H groups in total. The molecule has 0 saturated carbocycles. The van der Waals surface area contributed by atoms with Crippen LogP contribution in [0.2, 0.25) is 0 Å². The van der Waals surface area contributed by atoms with Crippen LogP contribution in [0, 0.1) is 0 Å². The second-order valence-electron chi connectivity index (χ2n) is 6.25. The Labute approximate surface area is 113 Å². The molecule has 19 heavy (non-hydrogen) atoms. The normalized spacial score (nSPS) is 21.4. The molecule has 2 heterocycles. The van der Waals surface area contributed by atoms with E-state index in [1.165, 1.54) is 0 Å². The van der Waals surface area contributed by atoms with Crippen molar-refractivity contribution in [2.75, 3.05) is 13.1 Å². The maximum atomic E-state index is 12.4. The van der Waals surface area contributed by atoms with Crippen molar-refractivity contribution in [1.82, 2.24) is 4.90 Å². The topological polar surface area (TPSA) is 68.7 Å². The zero-order valence-corrected chi connectivity index (χ0v) is 12.0. The molecule has 106 valence electrons. The third kappa shape index (κ3) is 3.16. The minimum absolute atomic E-state index is 0.107. The Kier molecular flexibility index (Phi) is 3.45.